The summed E-state index contributed by atoms with van der Waals surface area (Å²) in [5.41, 5.74) is 9.78. The topological polar surface area (TPSA) is 108 Å². The molecule has 0 saturated heterocycles. The molecule has 0 atom stereocenters. The molecule has 0 aliphatic rings. The summed E-state index contributed by atoms with van der Waals surface area (Å²) >= 11 is 6.62. The molecule has 0 spiro atoms. The highest BCUT2D eigenvalue weighted by Gasteiger charge is 2.21. The first-order valence-corrected chi connectivity index (χ1v) is 12.7. The molecule has 3 aromatic carbocycles. The van der Waals surface area contributed by atoms with Crippen molar-refractivity contribution in [3.63, 3.8) is 0 Å². The Labute approximate surface area is 211 Å². The number of pyridine rings is 1. The van der Waals surface area contributed by atoms with Crippen LogP contribution in [-0.2, 0) is 15.6 Å². The third-order valence-electron chi connectivity index (χ3n) is 5.75. The van der Waals surface area contributed by atoms with Crippen LogP contribution in [0.4, 0.5) is 10.1 Å². The molecular weight excluding hydrogens is 505 g/mol. The van der Waals surface area contributed by atoms with Gasteiger partial charge in [0, 0.05) is 33.2 Å². The number of methoxy groups -OCH3 is 1. The summed E-state index contributed by atoms with van der Waals surface area (Å²) in [5.74, 6) is -0.229. The second-order valence-electron chi connectivity index (χ2n) is 8.06. The van der Waals surface area contributed by atoms with Crippen molar-refractivity contribution in [2.24, 2.45) is 0 Å². The van der Waals surface area contributed by atoms with E-state index in [1.807, 2.05) is 0 Å². The first-order valence-electron chi connectivity index (χ1n) is 10.7. The van der Waals surface area contributed by atoms with Crippen LogP contribution in [0.25, 0.3) is 33.2 Å². The summed E-state index contributed by atoms with van der Waals surface area (Å²) in [6.45, 7) is 0. The number of ether oxygens (including phenoxy) is 1. The molecule has 0 amide bonds. The molecule has 5 aromatic rings. The van der Waals surface area contributed by atoms with E-state index < -0.39 is 9.84 Å². The molecule has 0 unspecified atom stereocenters. The van der Waals surface area contributed by atoms with Gasteiger partial charge in [0.1, 0.15) is 23.6 Å². The van der Waals surface area contributed by atoms with Crippen molar-refractivity contribution in [2.45, 2.75) is 10.6 Å². The van der Waals surface area contributed by atoms with Crippen LogP contribution < -0.4 is 10.5 Å². The van der Waals surface area contributed by atoms with E-state index in [1.165, 1.54) is 49.9 Å². The average Bonchev–Trinajstić information content (AvgIpc) is 3.36. The number of aromatic nitrogens is 2. The van der Waals surface area contributed by atoms with E-state index in [0.29, 0.717) is 55.3 Å². The van der Waals surface area contributed by atoms with E-state index >= 15 is 0 Å². The van der Waals surface area contributed by atoms with E-state index in [0.717, 1.165) is 0 Å². The molecule has 5 rings (SSSR count). The van der Waals surface area contributed by atoms with Gasteiger partial charge in [-0.3, -0.25) is 4.98 Å². The average molecular weight is 524 g/mol. The third kappa shape index (κ3) is 4.38. The largest absolute Gasteiger partial charge is 0.496 e. The maximum absolute atomic E-state index is 13.8. The Bertz CT molecular complexity index is 1710. The first-order chi connectivity index (χ1) is 17.3. The van der Waals surface area contributed by atoms with Gasteiger partial charge in [-0.05, 0) is 42.0 Å². The monoisotopic (exact) mass is 523 g/mol. The minimum Gasteiger partial charge on any atom is -0.496 e. The molecular formula is C26H19ClFN3O4S. The summed E-state index contributed by atoms with van der Waals surface area (Å²) < 4.78 is 50.0. The number of hydrogen-bond acceptors (Lipinski definition) is 7. The van der Waals surface area contributed by atoms with Gasteiger partial charge in [0.25, 0.3) is 0 Å². The van der Waals surface area contributed by atoms with Crippen LogP contribution in [0.5, 0.6) is 5.75 Å². The minimum atomic E-state index is -3.69. The highest BCUT2D eigenvalue weighted by Crippen LogP contribution is 2.43. The molecule has 7 nitrogen and oxygen atoms in total. The maximum atomic E-state index is 13.8. The zero-order valence-electron chi connectivity index (χ0n) is 18.9. The highest BCUT2D eigenvalue weighted by molar-refractivity contribution is 7.90. The number of hydrogen-bond donors (Lipinski definition) is 1. The summed E-state index contributed by atoms with van der Waals surface area (Å²) in [4.78, 5) is 4.44. The Balaban J connectivity index is 1.64. The molecule has 0 radical (unpaired) electrons. The van der Waals surface area contributed by atoms with Crippen molar-refractivity contribution in [2.75, 3.05) is 12.8 Å². The van der Waals surface area contributed by atoms with Crippen molar-refractivity contribution in [1.82, 2.24) is 10.1 Å². The van der Waals surface area contributed by atoms with Gasteiger partial charge in [-0.2, -0.15) is 0 Å². The van der Waals surface area contributed by atoms with Crippen LogP contribution in [0.3, 0.4) is 0 Å². The maximum Gasteiger partial charge on any atom is 0.184 e. The van der Waals surface area contributed by atoms with Crippen molar-refractivity contribution in [1.29, 1.82) is 0 Å². The van der Waals surface area contributed by atoms with Crippen molar-refractivity contribution >= 4 is 38.0 Å². The molecule has 0 fully saturated rings. The summed E-state index contributed by atoms with van der Waals surface area (Å²) in [6, 6.07) is 15.6. The van der Waals surface area contributed by atoms with Gasteiger partial charge in [0.2, 0.25) is 0 Å². The highest BCUT2D eigenvalue weighted by atomic mass is 35.5. The lowest BCUT2D eigenvalue weighted by Crippen LogP contribution is -2.05. The lowest BCUT2D eigenvalue weighted by molar-refractivity contribution is 0.413. The number of benzene rings is 3. The number of anilines is 1. The fraction of sp³-hybridized carbons (Fsp3) is 0.0769. The molecule has 36 heavy (non-hydrogen) atoms. The van der Waals surface area contributed by atoms with Gasteiger partial charge in [0.05, 0.1) is 35.1 Å². The second kappa shape index (κ2) is 9.25. The van der Waals surface area contributed by atoms with Crippen molar-refractivity contribution < 1.29 is 22.1 Å². The van der Waals surface area contributed by atoms with E-state index in [-0.39, 0.29) is 16.5 Å². The SMILES string of the molecule is COc1cc(-c2cccc(F)c2)c(Cl)cc1-c1c(N)cnc2cc(S(=O)(=O)Cc3ccon3)ccc12. The van der Waals surface area contributed by atoms with Gasteiger partial charge in [-0.25, -0.2) is 12.8 Å². The number of rotatable bonds is 6. The van der Waals surface area contributed by atoms with Crippen molar-refractivity contribution in [3.05, 3.63) is 89.7 Å². The lowest BCUT2D eigenvalue weighted by atomic mass is 9.95. The van der Waals surface area contributed by atoms with E-state index in [1.54, 1.807) is 30.3 Å². The number of halogens is 2. The fourth-order valence-electron chi connectivity index (χ4n) is 4.07. The number of fused-ring (bicyclic) bond motifs is 1. The Morgan fingerprint density at radius 3 is 2.64 bits per heavy atom. The Morgan fingerprint density at radius 1 is 1.08 bits per heavy atom. The molecule has 0 bridgehead atoms. The van der Waals surface area contributed by atoms with Gasteiger partial charge >= 0.3 is 0 Å². The molecule has 0 saturated carbocycles. The van der Waals surface area contributed by atoms with Crippen LogP contribution in [0.1, 0.15) is 5.69 Å². The molecule has 2 heterocycles. The summed E-state index contributed by atoms with van der Waals surface area (Å²) in [5, 5.41) is 4.66. The van der Waals surface area contributed by atoms with Gasteiger partial charge in [-0.1, -0.05) is 35.0 Å². The number of nitrogen functional groups attached to an aromatic ring is 1. The molecule has 0 aliphatic heterocycles. The second-order valence-corrected chi connectivity index (χ2v) is 10.5. The molecule has 0 aliphatic carbocycles. The zero-order chi connectivity index (χ0) is 25.4. The van der Waals surface area contributed by atoms with Gasteiger partial charge < -0.3 is 15.0 Å². The van der Waals surface area contributed by atoms with Gasteiger partial charge in [-0.15, -0.1) is 0 Å². The summed E-state index contributed by atoms with van der Waals surface area (Å²) in [7, 11) is -2.18. The minimum absolute atomic E-state index is 0.0904. The smallest absolute Gasteiger partial charge is 0.184 e. The van der Waals surface area contributed by atoms with E-state index in [4.69, 9.17) is 26.6 Å². The van der Waals surface area contributed by atoms with Crippen molar-refractivity contribution in [3.8, 4) is 28.0 Å². The fourth-order valence-corrected chi connectivity index (χ4v) is 5.61. The van der Waals surface area contributed by atoms with E-state index in [2.05, 4.69) is 10.1 Å². The Hall–Kier alpha value is -3.95. The van der Waals surface area contributed by atoms with Crippen LogP contribution in [0.15, 0.2) is 82.5 Å². The zero-order valence-corrected chi connectivity index (χ0v) is 20.5. The van der Waals surface area contributed by atoms with Crippen LogP contribution >= 0.6 is 11.6 Å². The predicted molar refractivity (Wildman–Crippen MR) is 136 cm³/mol. The first kappa shape index (κ1) is 23.8. The molecule has 2 N–H and O–H groups in total. The lowest BCUT2D eigenvalue weighted by Gasteiger charge is -2.17. The third-order valence-corrected chi connectivity index (χ3v) is 7.71. The standard InChI is InChI=1S/C26H19ClFN3O4S/c1-34-25-12-20(15-3-2-4-16(28)9-15)22(27)11-21(25)26-19-6-5-18(10-24(19)30-13-23(26)29)36(32,33)14-17-7-8-35-31-17/h2-13H,14,29H2,1H3. The quantitative estimate of drug-likeness (QED) is 0.294. The number of nitrogens with zero attached hydrogens (tertiary/aromatic N) is 2. The Morgan fingerprint density at radius 2 is 1.92 bits per heavy atom. The molecule has 2 aromatic heterocycles. The van der Waals surface area contributed by atoms with E-state index in [9.17, 15) is 12.8 Å². The predicted octanol–water partition coefficient (Wildman–Crippen LogP) is 5.91. The van der Waals surface area contributed by atoms with Gasteiger partial charge in [0.15, 0.2) is 9.84 Å². The molecule has 10 heteroatoms. The molecule has 182 valence electrons. The Kier molecular flexibility index (Phi) is 6.11. The van der Waals surface area contributed by atoms with Crippen LogP contribution in [0.2, 0.25) is 5.02 Å². The van der Waals surface area contributed by atoms with Crippen LogP contribution in [0, 0.1) is 5.82 Å². The number of sulfone groups is 1. The number of nitrogens with two attached hydrogens (primary N) is 1. The van der Waals surface area contributed by atoms with Crippen LogP contribution in [-0.4, -0.2) is 25.7 Å². The normalized spacial score (nSPS) is 11.6. The summed E-state index contributed by atoms with van der Waals surface area (Å²) in [6.07, 6.45) is 2.78.